The van der Waals surface area contributed by atoms with Gasteiger partial charge < -0.3 is 10.4 Å². The lowest BCUT2D eigenvalue weighted by Gasteiger charge is -2.28. The van der Waals surface area contributed by atoms with Gasteiger partial charge in [-0.05, 0) is 30.9 Å². The average molecular weight is 283 g/mol. The molecule has 5 heteroatoms. The number of benzene rings is 1. The number of carbonyl (C=O) groups is 1. The highest BCUT2D eigenvalue weighted by Gasteiger charge is 2.24. The van der Waals surface area contributed by atoms with Crippen molar-refractivity contribution in [2.45, 2.75) is 50.7 Å². The minimum Gasteiger partial charge on any atom is -0.391 e. The predicted octanol–water partition coefficient (Wildman–Crippen LogP) is 2.32. The Balaban J connectivity index is 1.82. The number of aliphatic hydroxyl groups excluding tert-OH is 1. The Morgan fingerprint density at radius 2 is 2.05 bits per heavy atom. The molecular weight excluding hydrogens is 264 g/mol. The Morgan fingerprint density at radius 1 is 1.30 bits per heavy atom. The third-order valence-corrected chi connectivity index (χ3v) is 3.71. The molecule has 3 nitrogen and oxygen atoms in total. The van der Waals surface area contributed by atoms with Crippen molar-refractivity contribution < 1.29 is 18.7 Å². The van der Waals surface area contributed by atoms with Crippen LogP contribution in [0, 0.1) is 11.6 Å². The first kappa shape index (κ1) is 14.9. The Bertz CT molecular complexity index is 479. The van der Waals surface area contributed by atoms with E-state index in [1.807, 2.05) is 0 Å². The maximum Gasteiger partial charge on any atom is 0.220 e. The van der Waals surface area contributed by atoms with Crippen molar-refractivity contribution in [3.63, 3.8) is 0 Å². The Kier molecular flexibility index (Phi) is 5.06. The maximum absolute atomic E-state index is 13.4. The number of rotatable bonds is 4. The van der Waals surface area contributed by atoms with E-state index in [-0.39, 0.29) is 24.8 Å². The summed E-state index contributed by atoms with van der Waals surface area (Å²) in [6, 6.07) is 3.15. The molecule has 110 valence electrons. The van der Waals surface area contributed by atoms with Crippen LogP contribution in [0.15, 0.2) is 18.2 Å². The second kappa shape index (κ2) is 6.79. The molecule has 1 aromatic carbocycles. The van der Waals surface area contributed by atoms with Crippen LogP contribution >= 0.6 is 0 Å². The number of hydrogen-bond acceptors (Lipinski definition) is 2. The van der Waals surface area contributed by atoms with Crippen molar-refractivity contribution in [2.24, 2.45) is 0 Å². The third kappa shape index (κ3) is 4.00. The standard InChI is InChI=1S/C15H19F2NO2/c16-11-7-5-10(12(17)9-11)6-8-15(20)18-13-3-1-2-4-14(13)19/h5,7,9,13-14,19H,1-4,6,8H2,(H,18,20). The van der Waals surface area contributed by atoms with Crippen LogP contribution in [-0.4, -0.2) is 23.2 Å². The molecule has 0 bridgehead atoms. The lowest BCUT2D eigenvalue weighted by atomic mass is 9.92. The van der Waals surface area contributed by atoms with Crippen molar-refractivity contribution in [1.29, 1.82) is 0 Å². The Morgan fingerprint density at radius 3 is 2.75 bits per heavy atom. The van der Waals surface area contributed by atoms with Crippen molar-refractivity contribution in [1.82, 2.24) is 5.32 Å². The lowest BCUT2D eigenvalue weighted by molar-refractivity contribution is -0.123. The summed E-state index contributed by atoms with van der Waals surface area (Å²) in [5.41, 5.74) is 0.325. The van der Waals surface area contributed by atoms with E-state index in [4.69, 9.17) is 0 Å². The van der Waals surface area contributed by atoms with Gasteiger partial charge in [-0.15, -0.1) is 0 Å². The van der Waals surface area contributed by atoms with E-state index < -0.39 is 17.7 Å². The molecule has 2 unspecified atom stereocenters. The van der Waals surface area contributed by atoms with Crippen LogP contribution in [-0.2, 0) is 11.2 Å². The van der Waals surface area contributed by atoms with Gasteiger partial charge in [0.1, 0.15) is 11.6 Å². The summed E-state index contributed by atoms with van der Waals surface area (Å²) in [7, 11) is 0. The molecule has 0 heterocycles. The van der Waals surface area contributed by atoms with E-state index in [1.165, 1.54) is 12.1 Å². The molecule has 1 amide bonds. The molecule has 2 atom stereocenters. The number of hydrogen-bond donors (Lipinski definition) is 2. The largest absolute Gasteiger partial charge is 0.391 e. The second-order valence-electron chi connectivity index (χ2n) is 5.26. The summed E-state index contributed by atoms with van der Waals surface area (Å²) < 4.78 is 26.2. The highest BCUT2D eigenvalue weighted by molar-refractivity contribution is 5.76. The first-order valence-corrected chi connectivity index (χ1v) is 6.97. The van der Waals surface area contributed by atoms with Crippen molar-refractivity contribution in [2.75, 3.05) is 0 Å². The fraction of sp³-hybridized carbons (Fsp3) is 0.533. The van der Waals surface area contributed by atoms with Gasteiger partial charge >= 0.3 is 0 Å². The van der Waals surface area contributed by atoms with Crippen LogP contribution < -0.4 is 5.32 Å². The van der Waals surface area contributed by atoms with Gasteiger partial charge in [-0.3, -0.25) is 4.79 Å². The van der Waals surface area contributed by atoms with E-state index >= 15 is 0 Å². The molecule has 1 saturated carbocycles. The molecule has 0 aliphatic heterocycles. The van der Waals surface area contributed by atoms with Gasteiger partial charge in [0, 0.05) is 12.5 Å². The average Bonchev–Trinajstić information content (AvgIpc) is 2.40. The topological polar surface area (TPSA) is 49.3 Å². The second-order valence-corrected chi connectivity index (χ2v) is 5.26. The third-order valence-electron chi connectivity index (χ3n) is 3.71. The molecule has 1 aliphatic rings. The fourth-order valence-corrected chi connectivity index (χ4v) is 2.53. The van der Waals surface area contributed by atoms with Crippen LogP contribution in [0.2, 0.25) is 0 Å². The molecule has 20 heavy (non-hydrogen) atoms. The van der Waals surface area contributed by atoms with Gasteiger partial charge in [0.25, 0.3) is 0 Å². The predicted molar refractivity (Wildman–Crippen MR) is 71.1 cm³/mol. The molecule has 1 fully saturated rings. The highest BCUT2D eigenvalue weighted by Crippen LogP contribution is 2.18. The van der Waals surface area contributed by atoms with Crippen LogP contribution in [0.1, 0.15) is 37.7 Å². The van der Waals surface area contributed by atoms with Gasteiger partial charge in [-0.25, -0.2) is 8.78 Å². The first-order valence-electron chi connectivity index (χ1n) is 6.97. The smallest absolute Gasteiger partial charge is 0.220 e. The summed E-state index contributed by atoms with van der Waals surface area (Å²) in [5.74, 6) is -1.46. The van der Waals surface area contributed by atoms with Crippen molar-refractivity contribution in [3.8, 4) is 0 Å². The SMILES string of the molecule is O=C(CCc1ccc(F)cc1F)NC1CCCCC1O. The van der Waals surface area contributed by atoms with Gasteiger partial charge in [0.15, 0.2) is 0 Å². The molecule has 1 aromatic rings. The lowest BCUT2D eigenvalue weighted by Crippen LogP contribution is -2.45. The summed E-state index contributed by atoms with van der Waals surface area (Å²) in [6.07, 6.45) is 3.32. The fourth-order valence-electron chi connectivity index (χ4n) is 2.53. The van der Waals surface area contributed by atoms with Gasteiger partial charge in [-0.1, -0.05) is 18.9 Å². The normalized spacial score (nSPS) is 22.6. The number of nitrogens with one attached hydrogen (secondary N) is 1. The first-order chi connectivity index (χ1) is 9.56. The zero-order valence-corrected chi connectivity index (χ0v) is 11.2. The molecule has 0 saturated heterocycles. The van der Waals surface area contributed by atoms with Crippen molar-refractivity contribution >= 4 is 5.91 Å². The zero-order valence-electron chi connectivity index (χ0n) is 11.2. The minimum absolute atomic E-state index is 0.131. The molecule has 0 radical (unpaired) electrons. The number of halogens is 2. The summed E-state index contributed by atoms with van der Waals surface area (Å²) in [4.78, 5) is 11.8. The molecule has 2 N–H and O–H groups in total. The van der Waals surface area contributed by atoms with Crippen LogP contribution in [0.3, 0.4) is 0 Å². The molecule has 0 spiro atoms. The summed E-state index contributed by atoms with van der Waals surface area (Å²) in [6.45, 7) is 0. The minimum atomic E-state index is -0.629. The number of amides is 1. The molecule has 0 aromatic heterocycles. The maximum atomic E-state index is 13.4. The number of aryl methyl sites for hydroxylation is 1. The van der Waals surface area contributed by atoms with E-state index in [1.54, 1.807) is 0 Å². The zero-order chi connectivity index (χ0) is 14.5. The van der Waals surface area contributed by atoms with E-state index in [2.05, 4.69) is 5.32 Å². The van der Waals surface area contributed by atoms with Gasteiger partial charge in [-0.2, -0.15) is 0 Å². The molecule has 2 rings (SSSR count). The van der Waals surface area contributed by atoms with E-state index in [0.717, 1.165) is 25.3 Å². The monoisotopic (exact) mass is 283 g/mol. The number of carbonyl (C=O) groups excluding carboxylic acids is 1. The van der Waals surface area contributed by atoms with Crippen LogP contribution in [0.5, 0.6) is 0 Å². The van der Waals surface area contributed by atoms with E-state index in [0.29, 0.717) is 12.0 Å². The van der Waals surface area contributed by atoms with E-state index in [9.17, 15) is 18.7 Å². The number of aliphatic hydroxyl groups is 1. The van der Waals surface area contributed by atoms with Crippen LogP contribution in [0.4, 0.5) is 8.78 Å². The highest BCUT2D eigenvalue weighted by atomic mass is 19.1. The summed E-state index contributed by atoms with van der Waals surface area (Å²) in [5, 5.41) is 12.5. The van der Waals surface area contributed by atoms with Gasteiger partial charge in [0.05, 0.1) is 12.1 Å². The summed E-state index contributed by atoms with van der Waals surface area (Å²) >= 11 is 0. The Labute approximate surface area is 117 Å². The van der Waals surface area contributed by atoms with Crippen LogP contribution in [0.25, 0.3) is 0 Å². The Hall–Kier alpha value is -1.49. The quantitative estimate of drug-likeness (QED) is 0.891. The molecular formula is C15H19F2NO2. The van der Waals surface area contributed by atoms with Gasteiger partial charge in [0.2, 0.25) is 5.91 Å². The van der Waals surface area contributed by atoms with Crippen molar-refractivity contribution in [3.05, 3.63) is 35.4 Å². The molecule has 1 aliphatic carbocycles.